The van der Waals surface area contributed by atoms with E-state index in [-0.39, 0.29) is 6.10 Å². The van der Waals surface area contributed by atoms with Crippen LogP contribution >= 0.6 is 0 Å². The van der Waals surface area contributed by atoms with Gasteiger partial charge in [-0.3, -0.25) is 4.79 Å². The third-order valence-electron chi connectivity index (χ3n) is 2.63. The van der Waals surface area contributed by atoms with Crippen LogP contribution < -0.4 is 0 Å². The van der Waals surface area contributed by atoms with E-state index in [1.165, 1.54) is 5.57 Å². The molecule has 0 bridgehead atoms. The van der Waals surface area contributed by atoms with Gasteiger partial charge in [0.25, 0.3) is 5.97 Å². The minimum absolute atomic E-state index is 0.174. The molecule has 3 heteroatoms. The number of rotatable bonds is 3. The number of aliphatic carboxylic acids is 1. The molecule has 0 radical (unpaired) electrons. The molecule has 0 aromatic heterocycles. The zero-order chi connectivity index (χ0) is 12.6. The van der Waals surface area contributed by atoms with Gasteiger partial charge in [-0.15, -0.1) is 6.58 Å². The number of carboxylic acids is 1. The first-order chi connectivity index (χ1) is 7.47. The van der Waals surface area contributed by atoms with Crippen LogP contribution in [0.25, 0.3) is 0 Å². The van der Waals surface area contributed by atoms with Gasteiger partial charge in [0.15, 0.2) is 0 Å². The van der Waals surface area contributed by atoms with Crippen LogP contribution in [0.2, 0.25) is 0 Å². The van der Waals surface area contributed by atoms with Gasteiger partial charge < -0.3 is 10.2 Å². The monoisotopic (exact) mass is 226 g/mol. The van der Waals surface area contributed by atoms with Crippen molar-refractivity contribution in [1.82, 2.24) is 0 Å². The second kappa shape index (κ2) is 8.11. The van der Waals surface area contributed by atoms with Crippen molar-refractivity contribution in [2.75, 3.05) is 0 Å². The first-order valence-corrected chi connectivity index (χ1v) is 5.61. The van der Waals surface area contributed by atoms with Crippen LogP contribution in [0.4, 0.5) is 0 Å². The van der Waals surface area contributed by atoms with E-state index in [0.29, 0.717) is 5.92 Å². The van der Waals surface area contributed by atoms with Crippen molar-refractivity contribution in [3.8, 4) is 0 Å². The first kappa shape index (κ1) is 14.9. The van der Waals surface area contributed by atoms with Gasteiger partial charge in [-0.1, -0.05) is 17.7 Å². The van der Waals surface area contributed by atoms with Gasteiger partial charge in [-0.2, -0.15) is 0 Å². The van der Waals surface area contributed by atoms with Crippen molar-refractivity contribution in [3.05, 3.63) is 24.3 Å². The van der Waals surface area contributed by atoms with Crippen LogP contribution in [0, 0.1) is 5.92 Å². The molecular formula is C13H22O3. The van der Waals surface area contributed by atoms with Crippen LogP contribution in [0.3, 0.4) is 0 Å². The number of aliphatic hydroxyl groups excluding tert-OH is 1. The smallest absolute Gasteiger partial charge is 0.300 e. The minimum Gasteiger partial charge on any atom is -0.481 e. The highest BCUT2D eigenvalue weighted by atomic mass is 16.4. The van der Waals surface area contributed by atoms with E-state index >= 15 is 0 Å². The van der Waals surface area contributed by atoms with Gasteiger partial charge in [0.1, 0.15) is 0 Å². The number of hydrogen-bond donors (Lipinski definition) is 2. The van der Waals surface area contributed by atoms with Crippen molar-refractivity contribution in [2.45, 2.75) is 45.6 Å². The maximum Gasteiger partial charge on any atom is 0.300 e. The number of allylic oxidation sites excluding steroid dienone is 2. The Kier molecular flexibility index (Phi) is 7.56. The lowest BCUT2D eigenvalue weighted by atomic mass is 9.85. The highest BCUT2D eigenvalue weighted by Crippen LogP contribution is 2.26. The summed E-state index contributed by atoms with van der Waals surface area (Å²) in [5.41, 5.74) is 1.47. The maximum absolute atomic E-state index is 9.66. The first-order valence-electron chi connectivity index (χ1n) is 5.61. The molecule has 3 nitrogen and oxygen atoms in total. The van der Waals surface area contributed by atoms with E-state index in [0.717, 1.165) is 32.6 Å². The molecule has 92 valence electrons. The zero-order valence-corrected chi connectivity index (χ0v) is 10.1. The Labute approximate surface area is 97.5 Å². The topological polar surface area (TPSA) is 57.5 Å². The lowest BCUT2D eigenvalue weighted by molar-refractivity contribution is -0.134. The quantitative estimate of drug-likeness (QED) is 0.727. The fourth-order valence-electron chi connectivity index (χ4n) is 1.70. The average molecular weight is 226 g/mol. The standard InChI is InChI=1S/C11H18O.C2H4O2/c1-3-4-11(12)10-7-5-9(2)6-8-10;1-2(3)4/h3,5,10-12H,1,4,6-8H2,2H3;1H3,(H,3,4). The Morgan fingerprint density at radius 2 is 2.31 bits per heavy atom. The van der Waals surface area contributed by atoms with Crippen LogP contribution in [0.1, 0.15) is 39.5 Å². The number of carboxylic acid groups (broad SMARTS) is 1. The Balaban J connectivity index is 0.000000487. The number of aliphatic hydroxyl groups is 1. The molecule has 0 saturated carbocycles. The van der Waals surface area contributed by atoms with E-state index in [4.69, 9.17) is 9.90 Å². The van der Waals surface area contributed by atoms with Crippen LogP contribution in [-0.2, 0) is 4.79 Å². The van der Waals surface area contributed by atoms with E-state index in [1.807, 2.05) is 0 Å². The molecule has 0 spiro atoms. The highest BCUT2D eigenvalue weighted by molar-refractivity contribution is 5.62. The largest absolute Gasteiger partial charge is 0.481 e. The molecule has 2 unspecified atom stereocenters. The van der Waals surface area contributed by atoms with E-state index in [1.54, 1.807) is 6.08 Å². The van der Waals surface area contributed by atoms with Gasteiger partial charge in [-0.05, 0) is 38.5 Å². The van der Waals surface area contributed by atoms with Gasteiger partial charge >= 0.3 is 0 Å². The summed E-state index contributed by atoms with van der Waals surface area (Å²) in [6, 6.07) is 0. The lowest BCUT2D eigenvalue weighted by Crippen LogP contribution is -2.21. The molecule has 0 heterocycles. The predicted octanol–water partition coefficient (Wildman–Crippen LogP) is 2.76. The van der Waals surface area contributed by atoms with Crippen LogP contribution in [0.15, 0.2) is 24.3 Å². The summed E-state index contributed by atoms with van der Waals surface area (Å²) in [7, 11) is 0. The maximum atomic E-state index is 9.66. The molecular weight excluding hydrogens is 204 g/mol. The van der Waals surface area contributed by atoms with Gasteiger partial charge in [0.2, 0.25) is 0 Å². The van der Waals surface area contributed by atoms with Gasteiger partial charge in [-0.25, -0.2) is 0 Å². The van der Waals surface area contributed by atoms with Crippen molar-refractivity contribution >= 4 is 5.97 Å². The Hall–Kier alpha value is -1.09. The molecule has 2 atom stereocenters. The molecule has 1 aliphatic carbocycles. The lowest BCUT2D eigenvalue weighted by Gasteiger charge is -2.24. The fraction of sp³-hybridized carbons (Fsp3) is 0.615. The van der Waals surface area contributed by atoms with Crippen molar-refractivity contribution in [1.29, 1.82) is 0 Å². The number of carbonyl (C=O) groups is 1. The second-order valence-corrected chi connectivity index (χ2v) is 4.20. The van der Waals surface area contributed by atoms with Gasteiger partial charge in [0.05, 0.1) is 6.10 Å². The second-order valence-electron chi connectivity index (χ2n) is 4.20. The third kappa shape index (κ3) is 7.23. The normalized spacial score (nSPS) is 21.2. The molecule has 0 aromatic rings. The van der Waals surface area contributed by atoms with E-state index < -0.39 is 5.97 Å². The molecule has 16 heavy (non-hydrogen) atoms. The SMILES string of the molecule is C=CCC(O)C1CC=C(C)CC1.CC(=O)O. The summed E-state index contributed by atoms with van der Waals surface area (Å²) >= 11 is 0. The van der Waals surface area contributed by atoms with Crippen molar-refractivity contribution < 1.29 is 15.0 Å². The summed E-state index contributed by atoms with van der Waals surface area (Å²) in [6.07, 6.45) is 7.94. The minimum atomic E-state index is -0.833. The molecule has 0 amide bonds. The van der Waals surface area contributed by atoms with Crippen molar-refractivity contribution in [3.63, 3.8) is 0 Å². The van der Waals surface area contributed by atoms with Crippen molar-refractivity contribution in [2.24, 2.45) is 5.92 Å². The van der Waals surface area contributed by atoms with E-state index in [9.17, 15) is 5.11 Å². The molecule has 1 rings (SSSR count). The average Bonchev–Trinajstić information content (AvgIpc) is 2.18. The fourth-order valence-corrected chi connectivity index (χ4v) is 1.70. The predicted molar refractivity (Wildman–Crippen MR) is 65.2 cm³/mol. The molecule has 0 aromatic carbocycles. The molecule has 0 fully saturated rings. The molecule has 0 aliphatic heterocycles. The summed E-state index contributed by atoms with van der Waals surface area (Å²) in [4.78, 5) is 9.00. The molecule has 2 N–H and O–H groups in total. The third-order valence-corrected chi connectivity index (χ3v) is 2.63. The summed E-state index contributed by atoms with van der Waals surface area (Å²) in [5, 5.41) is 17.1. The van der Waals surface area contributed by atoms with Crippen LogP contribution in [-0.4, -0.2) is 22.3 Å². The number of hydrogen-bond acceptors (Lipinski definition) is 2. The van der Waals surface area contributed by atoms with Crippen LogP contribution in [0.5, 0.6) is 0 Å². The Bertz CT molecular complexity index is 252. The zero-order valence-electron chi connectivity index (χ0n) is 10.1. The van der Waals surface area contributed by atoms with Gasteiger partial charge in [0, 0.05) is 6.92 Å². The highest BCUT2D eigenvalue weighted by Gasteiger charge is 2.19. The molecule has 0 saturated heterocycles. The van der Waals surface area contributed by atoms with E-state index in [2.05, 4.69) is 19.6 Å². The molecule has 1 aliphatic rings. The summed E-state index contributed by atoms with van der Waals surface area (Å²) < 4.78 is 0. The summed E-state index contributed by atoms with van der Waals surface area (Å²) in [5.74, 6) is -0.369. The Morgan fingerprint density at radius 3 is 2.69 bits per heavy atom. The Morgan fingerprint density at radius 1 is 1.75 bits per heavy atom. The summed E-state index contributed by atoms with van der Waals surface area (Å²) in [6.45, 7) is 6.88.